The van der Waals surface area contributed by atoms with Gasteiger partial charge in [-0.3, -0.25) is 9.78 Å². The summed E-state index contributed by atoms with van der Waals surface area (Å²) in [6, 6.07) is 13.9. The van der Waals surface area contributed by atoms with Crippen molar-refractivity contribution in [3.63, 3.8) is 0 Å². The molecule has 1 atom stereocenters. The van der Waals surface area contributed by atoms with Crippen molar-refractivity contribution >= 4 is 11.6 Å². The lowest BCUT2D eigenvalue weighted by molar-refractivity contribution is -0.117. The number of aromatic nitrogens is 1. The van der Waals surface area contributed by atoms with Gasteiger partial charge in [-0.15, -0.1) is 0 Å². The van der Waals surface area contributed by atoms with Crippen LogP contribution in [0.3, 0.4) is 0 Å². The zero-order valence-corrected chi connectivity index (χ0v) is 15.0. The first-order valence-corrected chi connectivity index (χ1v) is 9.42. The van der Waals surface area contributed by atoms with E-state index >= 15 is 0 Å². The zero-order chi connectivity index (χ0) is 17.8. The van der Waals surface area contributed by atoms with Crippen LogP contribution in [0.15, 0.2) is 54.9 Å². The van der Waals surface area contributed by atoms with E-state index in [1.54, 1.807) is 12.4 Å². The number of likely N-dealkylation sites (tertiary alicyclic amines) is 1. The molecule has 136 valence electrons. The Bertz CT molecular complexity index is 715. The molecule has 4 rings (SSSR count). The number of nitrogens with zero attached hydrogens (tertiary/aromatic N) is 3. The predicted molar refractivity (Wildman–Crippen MR) is 101 cm³/mol. The first-order valence-electron chi connectivity index (χ1n) is 9.42. The number of anilines is 1. The third-order valence-corrected chi connectivity index (χ3v) is 5.26. The summed E-state index contributed by atoms with van der Waals surface area (Å²) in [5.41, 5.74) is 1.02. The smallest absolute Gasteiger partial charge is 0.227 e. The Kier molecular flexibility index (Phi) is 5.16. The molecule has 1 amide bonds. The van der Waals surface area contributed by atoms with Crippen LogP contribution in [0.4, 0.5) is 5.69 Å². The van der Waals surface area contributed by atoms with Crippen LogP contribution in [0.1, 0.15) is 19.3 Å². The van der Waals surface area contributed by atoms with Gasteiger partial charge in [-0.25, -0.2) is 0 Å². The van der Waals surface area contributed by atoms with E-state index in [-0.39, 0.29) is 12.0 Å². The summed E-state index contributed by atoms with van der Waals surface area (Å²) in [5, 5.41) is 0. The van der Waals surface area contributed by atoms with Crippen LogP contribution in [0, 0.1) is 5.92 Å². The van der Waals surface area contributed by atoms with Crippen LogP contribution < -0.4 is 9.64 Å². The number of benzene rings is 1. The van der Waals surface area contributed by atoms with Crippen molar-refractivity contribution in [1.82, 2.24) is 9.88 Å². The molecule has 1 aromatic heterocycles. The monoisotopic (exact) mass is 351 g/mol. The Hall–Kier alpha value is -2.40. The third kappa shape index (κ3) is 4.05. The second kappa shape index (κ2) is 7.87. The Balaban J connectivity index is 1.25. The van der Waals surface area contributed by atoms with Crippen LogP contribution in [0.5, 0.6) is 5.75 Å². The van der Waals surface area contributed by atoms with Crippen LogP contribution >= 0.6 is 0 Å². The minimum absolute atomic E-state index is 0.246. The van der Waals surface area contributed by atoms with E-state index in [0.29, 0.717) is 12.3 Å². The summed E-state index contributed by atoms with van der Waals surface area (Å²) in [7, 11) is 0. The van der Waals surface area contributed by atoms with Gasteiger partial charge in [-0.1, -0.05) is 18.2 Å². The van der Waals surface area contributed by atoms with Crippen molar-refractivity contribution in [2.75, 3.05) is 31.1 Å². The third-order valence-electron chi connectivity index (χ3n) is 5.26. The van der Waals surface area contributed by atoms with Gasteiger partial charge in [0, 0.05) is 44.5 Å². The summed E-state index contributed by atoms with van der Waals surface area (Å²) in [5.74, 6) is 1.51. The minimum Gasteiger partial charge on any atom is -0.489 e. The summed E-state index contributed by atoms with van der Waals surface area (Å²) in [4.78, 5) is 20.9. The number of carbonyl (C=O) groups is 1. The summed E-state index contributed by atoms with van der Waals surface area (Å²) in [6.45, 7) is 3.88. The van der Waals surface area contributed by atoms with Gasteiger partial charge in [0.2, 0.25) is 5.91 Å². The fraction of sp³-hybridized carbons (Fsp3) is 0.429. The molecule has 26 heavy (non-hydrogen) atoms. The molecule has 2 aromatic rings. The van der Waals surface area contributed by atoms with Gasteiger partial charge in [-0.05, 0) is 43.0 Å². The molecule has 5 heteroatoms. The molecule has 5 nitrogen and oxygen atoms in total. The minimum atomic E-state index is 0.246. The first-order chi connectivity index (χ1) is 12.8. The van der Waals surface area contributed by atoms with Crippen molar-refractivity contribution < 1.29 is 9.53 Å². The Morgan fingerprint density at radius 2 is 1.88 bits per heavy atom. The summed E-state index contributed by atoms with van der Waals surface area (Å²) < 4.78 is 6.01. The maximum Gasteiger partial charge on any atom is 0.227 e. The molecule has 1 aromatic carbocycles. The van der Waals surface area contributed by atoms with Gasteiger partial charge in [0.15, 0.2) is 0 Å². The largest absolute Gasteiger partial charge is 0.489 e. The number of amides is 1. The molecule has 2 saturated heterocycles. The van der Waals surface area contributed by atoms with Gasteiger partial charge in [0.05, 0.1) is 6.20 Å². The zero-order valence-electron chi connectivity index (χ0n) is 15.0. The lowest BCUT2D eigenvalue weighted by atomic mass is 10.0. The Labute approximate surface area is 154 Å². The van der Waals surface area contributed by atoms with Crippen LogP contribution in [0.25, 0.3) is 0 Å². The van der Waals surface area contributed by atoms with Gasteiger partial charge < -0.3 is 14.5 Å². The average Bonchev–Trinajstić information content (AvgIpc) is 3.05. The predicted octanol–water partition coefficient (Wildman–Crippen LogP) is 2.98. The van der Waals surface area contributed by atoms with Crippen LogP contribution in [-0.4, -0.2) is 48.1 Å². The van der Waals surface area contributed by atoms with E-state index in [0.717, 1.165) is 50.5 Å². The fourth-order valence-corrected chi connectivity index (χ4v) is 3.95. The fourth-order valence-electron chi connectivity index (χ4n) is 3.95. The molecule has 2 aliphatic heterocycles. The quantitative estimate of drug-likeness (QED) is 0.831. The topological polar surface area (TPSA) is 45.7 Å². The molecule has 0 radical (unpaired) electrons. The Morgan fingerprint density at radius 1 is 1.08 bits per heavy atom. The van der Waals surface area contributed by atoms with Crippen LogP contribution in [0.2, 0.25) is 0 Å². The van der Waals surface area contributed by atoms with E-state index in [9.17, 15) is 4.79 Å². The van der Waals surface area contributed by atoms with E-state index in [2.05, 4.69) is 9.88 Å². The van der Waals surface area contributed by atoms with Crippen LogP contribution in [-0.2, 0) is 4.79 Å². The maximum atomic E-state index is 12.4. The number of rotatable bonds is 5. The van der Waals surface area contributed by atoms with Crippen molar-refractivity contribution in [3.05, 3.63) is 54.9 Å². The van der Waals surface area contributed by atoms with Crippen molar-refractivity contribution in [2.24, 2.45) is 5.92 Å². The molecule has 0 aliphatic carbocycles. The molecule has 0 N–H and O–H groups in total. The molecule has 2 fully saturated rings. The maximum absolute atomic E-state index is 12.4. The van der Waals surface area contributed by atoms with Crippen molar-refractivity contribution in [1.29, 1.82) is 0 Å². The number of ether oxygens (including phenoxy) is 1. The normalized spacial score (nSPS) is 21.9. The number of piperidine rings is 1. The van der Waals surface area contributed by atoms with Crippen molar-refractivity contribution in [2.45, 2.75) is 25.4 Å². The number of carbonyl (C=O) groups excluding carboxylic acids is 1. The Morgan fingerprint density at radius 3 is 2.62 bits per heavy atom. The van der Waals surface area contributed by atoms with E-state index in [1.165, 1.54) is 0 Å². The standard InChI is InChI=1S/C21H25N3O2/c25-21-13-17(16-24(21)18-5-2-1-3-6-18)15-23-11-8-19(9-12-23)26-20-7-4-10-22-14-20/h1-7,10,14,17,19H,8-9,11-13,15-16H2/t17-/m1/s1. The molecule has 0 unspecified atom stereocenters. The van der Waals surface area contributed by atoms with Gasteiger partial charge in [0.1, 0.15) is 11.9 Å². The molecular formula is C21H25N3O2. The highest BCUT2D eigenvalue weighted by atomic mass is 16.5. The lowest BCUT2D eigenvalue weighted by Gasteiger charge is -2.33. The van der Waals surface area contributed by atoms with Crippen molar-refractivity contribution in [3.8, 4) is 5.75 Å². The molecule has 2 aliphatic rings. The molecule has 0 bridgehead atoms. The van der Waals surface area contributed by atoms with E-state index in [1.807, 2.05) is 47.4 Å². The molecular weight excluding hydrogens is 326 g/mol. The summed E-state index contributed by atoms with van der Waals surface area (Å²) in [6.07, 6.45) is 6.50. The number of pyridine rings is 1. The molecule has 3 heterocycles. The number of hydrogen-bond donors (Lipinski definition) is 0. The lowest BCUT2D eigenvalue weighted by Crippen LogP contribution is -2.41. The molecule has 0 spiro atoms. The SMILES string of the molecule is O=C1C[C@H](CN2CCC(Oc3cccnc3)CC2)CN1c1ccccc1. The second-order valence-corrected chi connectivity index (χ2v) is 7.22. The highest BCUT2D eigenvalue weighted by molar-refractivity contribution is 5.95. The van der Waals surface area contributed by atoms with Gasteiger partial charge in [-0.2, -0.15) is 0 Å². The molecule has 0 saturated carbocycles. The first kappa shape index (κ1) is 17.0. The highest BCUT2D eigenvalue weighted by Crippen LogP contribution is 2.26. The van der Waals surface area contributed by atoms with Gasteiger partial charge >= 0.3 is 0 Å². The number of hydrogen-bond acceptors (Lipinski definition) is 4. The highest BCUT2D eigenvalue weighted by Gasteiger charge is 2.32. The average molecular weight is 351 g/mol. The van der Waals surface area contributed by atoms with E-state index in [4.69, 9.17) is 4.74 Å². The summed E-state index contributed by atoms with van der Waals surface area (Å²) >= 11 is 0. The van der Waals surface area contributed by atoms with E-state index < -0.39 is 0 Å². The number of para-hydroxylation sites is 1. The van der Waals surface area contributed by atoms with Gasteiger partial charge in [0.25, 0.3) is 0 Å². The second-order valence-electron chi connectivity index (χ2n) is 7.22.